The van der Waals surface area contributed by atoms with E-state index < -0.39 is 0 Å². The molecular formula is C14H23NS. The third-order valence-electron chi connectivity index (χ3n) is 3.79. The third kappa shape index (κ3) is 2.33. The van der Waals surface area contributed by atoms with Crippen LogP contribution in [0.4, 0.5) is 0 Å². The lowest BCUT2D eigenvalue weighted by atomic mass is 9.82. The maximum atomic E-state index is 3.81. The Morgan fingerprint density at radius 1 is 1.38 bits per heavy atom. The van der Waals surface area contributed by atoms with E-state index in [0.29, 0.717) is 6.04 Å². The van der Waals surface area contributed by atoms with Crippen LogP contribution < -0.4 is 5.32 Å². The summed E-state index contributed by atoms with van der Waals surface area (Å²) in [4.78, 5) is 1.51. The van der Waals surface area contributed by atoms with Crippen molar-refractivity contribution >= 4 is 11.3 Å². The zero-order valence-electron chi connectivity index (χ0n) is 10.6. The molecule has 0 aliphatic heterocycles. The van der Waals surface area contributed by atoms with Gasteiger partial charge >= 0.3 is 0 Å². The molecule has 1 aliphatic rings. The van der Waals surface area contributed by atoms with Gasteiger partial charge in [-0.2, -0.15) is 0 Å². The predicted molar refractivity (Wildman–Crippen MR) is 71.9 cm³/mol. The molecule has 0 spiro atoms. The van der Waals surface area contributed by atoms with E-state index in [1.165, 1.54) is 30.6 Å². The number of hydrogen-bond donors (Lipinski definition) is 1. The van der Waals surface area contributed by atoms with E-state index in [0.717, 1.165) is 5.92 Å². The molecule has 0 amide bonds. The van der Waals surface area contributed by atoms with Crippen molar-refractivity contribution in [3.05, 3.63) is 22.4 Å². The van der Waals surface area contributed by atoms with Crippen molar-refractivity contribution in [1.29, 1.82) is 0 Å². The van der Waals surface area contributed by atoms with Crippen molar-refractivity contribution in [1.82, 2.24) is 5.32 Å². The lowest BCUT2D eigenvalue weighted by Gasteiger charge is -2.38. The molecule has 2 heteroatoms. The number of rotatable bonds is 4. The summed E-state index contributed by atoms with van der Waals surface area (Å²) < 4.78 is 0. The minimum atomic E-state index is 0.193. The van der Waals surface area contributed by atoms with Gasteiger partial charge in [0.2, 0.25) is 0 Å². The molecule has 16 heavy (non-hydrogen) atoms. The van der Waals surface area contributed by atoms with Crippen LogP contribution in [0.15, 0.2) is 17.5 Å². The van der Waals surface area contributed by atoms with E-state index >= 15 is 0 Å². The molecule has 0 saturated heterocycles. The van der Waals surface area contributed by atoms with E-state index in [2.05, 4.69) is 43.6 Å². The Morgan fingerprint density at radius 2 is 2.06 bits per heavy atom. The van der Waals surface area contributed by atoms with Crippen molar-refractivity contribution in [3.8, 4) is 0 Å². The largest absolute Gasteiger partial charge is 0.304 e. The first-order valence-corrected chi connectivity index (χ1v) is 7.32. The van der Waals surface area contributed by atoms with Crippen molar-refractivity contribution in [2.24, 2.45) is 5.92 Å². The van der Waals surface area contributed by atoms with Crippen molar-refractivity contribution in [2.75, 3.05) is 0 Å². The lowest BCUT2D eigenvalue weighted by Crippen LogP contribution is -2.47. The first-order valence-electron chi connectivity index (χ1n) is 6.44. The normalized spacial score (nSPS) is 21.5. The quantitative estimate of drug-likeness (QED) is 0.829. The summed E-state index contributed by atoms with van der Waals surface area (Å²) in [7, 11) is 0. The first kappa shape index (κ1) is 12.1. The van der Waals surface area contributed by atoms with Gasteiger partial charge in [-0.3, -0.25) is 0 Å². The smallest absolute Gasteiger partial charge is 0.0530 e. The number of thiophene rings is 1. The molecule has 1 aliphatic carbocycles. The third-order valence-corrected chi connectivity index (χ3v) is 4.90. The van der Waals surface area contributed by atoms with Gasteiger partial charge in [-0.05, 0) is 37.1 Å². The highest BCUT2D eigenvalue weighted by Crippen LogP contribution is 2.42. The molecule has 1 atom stereocenters. The number of nitrogens with one attached hydrogen (secondary N) is 1. The second-order valence-corrected chi connectivity index (χ2v) is 6.41. The Balaban J connectivity index is 2.24. The van der Waals surface area contributed by atoms with Crippen LogP contribution in [0.2, 0.25) is 0 Å². The molecule has 1 heterocycles. The van der Waals surface area contributed by atoms with Crippen LogP contribution in [-0.4, -0.2) is 6.04 Å². The highest BCUT2D eigenvalue weighted by Gasteiger charge is 2.38. The first-order chi connectivity index (χ1) is 7.63. The second kappa shape index (κ2) is 4.89. The van der Waals surface area contributed by atoms with Crippen LogP contribution in [0.3, 0.4) is 0 Å². The zero-order valence-corrected chi connectivity index (χ0v) is 11.4. The van der Waals surface area contributed by atoms with E-state index in [4.69, 9.17) is 0 Å². The van der Waals surface area contributed by atoms with E-state index in [-0.39, 0.29) is 5.54 Å². The van der Waals surface area contributed by atoms with Gasteiger partial charge in [0.25, 0.3) is 0 Å². The van der Waals surface area contributed by atoms with Gasteiger partial charge in [0.1, 0.15) is 0 Å². The fourth-order valence-corrected chi connectivity index (χ4v) is 4.00. The minimum absolute atomic E-state index is 0.193. The Bertz CT molecular complexity index is 311. The van der Waals surface area contributed by atoms with Crippen molar-refractivity contribution < 1.29 is 0 Å². The molecule has 1 N–H and O–H groups in total. The predicted octanol–water partition coefficient (Wildman–Crippen LogP) is 4.15. The highest BCUT2D eigenvalue weighted by atomic mass is 32.1. The molecule has 1 aromatic rings. The summed E-state index contributed by atoms with van der Waals surface area (Å²) in [5, 5.41) is 6.01. The van der Waals surface area contributed by atoms with Gasteiger partial charge in [0, 0.05) is 10.9 Å². The molecule has 1 fully saturated rings. The average Bonchev–Trinajstić information content (AvgIpc) is 2.91. The summed E-state index contributed by atoms with van der Waals surface area (Å²) in [5.74, 6) is 0.813. The monoisotopic (exact) mass is 237 g/mol. The highest BCUT2D eigenvalue weighted by molar-refractivity contribution is 7.10. The Labute approximate surface area is 103 Å². The molecule has 1 unspecified atom stereocenters. The van der Waals surface area contributed by atoms with Gasteiger partial charge < -0.3 is 5.32 Å². The Kier molecular flexibility index (Phi) is 3.70. The maximum absolute atomic E-state index is 3.81. The summed E-state index contributed by atoms with van der Waals surface area (Å²) in [6, 6.07) is 5.01. The summed E-state index contributed by atoms with van der Waals surface area (Å²) in [6.45, 7) is 6.90. The molecule has 2 rings (SSSR count). The summed E-state index contributed by atoms with van der Waals surface area (Å²) in [6.07, 6.45) is 5.58. The van der Waals surface area contributed by atoms with Crippen LogP contribution in [-0.2, 0) is 5.54 Å². The molecule has 90 valence electrons. The molecule has 0 radical (unpaired) electrons. The molecule has 1 nitrogen and oxygen atoms in total. The van der Waals surface area contributed by atoms with Crippen LogP contribution in [0, 0.1) is 5.92 Å². The summed E-state index contributed by atoms with van der Waals surface area (Å²) >= 11 is 1.90. The average molecular weight is 237 g/mol. The van der Waals surface area contributed by atoms with E-state index in [9.17, 15) is 0 Å². The van der Waals surface area contributed by atoms with E-state index in [1.54, 1.807) is 0 Å². The van der Waals surface area contributed by atoms with Crippen molar-refractivity contribution in [3.63, 3.8) is 0 Å². The van der Waals surface area contributed by atoms with Crippen LogP contribution in [0.25, 0.3) is 0 Å². The topological polar surface area (TPSA) is 12.0 Å². The van der Waals surface area contributed by atoms with Crippen molar-refractivity contribution in [2.45, 2.75) is 58.0 Å². The molecule has 1 aromatic heterocycles. The molecule has 0 aromatic carbocycles. The van der Waals surface area contributed by atoms with Gasteiger partial charge in [-0.1, -0.05) is 32.8 Å². The van der Waals surface area contributed by atoms with Gasteiger partial charge in [-0.25, -0.2) is 0 Å². The van der Waals surface area contributed by atoms with Crippen LogP contribution in [0.5, 0.6) is 0 Å². The van der Waals surface area contributed by atoms with E-state index in [1.807, 2.05) is 11.3 Å². The SMILES string of the molecule is CC(C)NC(C)(c1cccs1)C1CCCC1. The Hall–Kier alpha value is -0.340. The fraction of sp³-hybridized carbons (Fsp3) is 0.714. The molecular weight excluding hydrogens is 214 g/mol. The fourth-order valence-electron chi connectivity index (χ4n) is 3.07. The standard InChI is InChI=1S/C14H23NS/c1-11(2)15-14(3,12-7-4-5-8-12)13-9-6-10-16-13/h6,9-12,15H,4-5,7-8H2,1-3H3. The summed E-state index contributed by atoms with van der Waals surface area (Å²) in [5.41, 5.74) is 0.193. The van der Waals surface area contributed by atoms with Gasteiger partial charge in [0.15, 0.2) is 0 Å². The van der Waals surface area contributed by atoms with Gasteiger partial charge in [0.05, 0.1) is 5.54 Å². The van der Waals surface area contributed by atoms with Gasteiger partial charge in [-0.15, -0.1) is 11.3 Å². The maximum Gasteiger partial charge on any atom is 0.0530 e. The minimum Gasteiger partial charge on any atom is -0.304 e. The Morgan fingerprint density at radius 3 is 2.56 bits per heavy atom. The van der Waals surface area contributed by atoms with Crippen LogP contribution >= 0.6 is 11.3 Å². The second-order valence-electron chi connectivity index (χ2n) is 5.46. The molecule has 1 saturated carbocycles. The van der Waals surface area contributed by atoms with Crippen LogP contribution in [0.1, 0.15) is 51.3 Å². The molecule has 0 bridgehead atoms. The lowest BCUT2D eigenvalue weighted by molar-refractivity contribution is 0.222. The number of hydrogen-bond acceptors (Lipinski definition) is 2. The zero-order chi connectivity index (χ0) is 11.6.